The second-order valence-electron chi connectivity index (χ2n) is 1.24. The van der Waals surface area contributed by atoms with Crippen LogP contribution in [0, 0.1) is 0 Å². The standard InChI is InChI=1S/C4H6O2.CH4N2O/c1-2-3-4(5)6;2-1(3)4/h2-3H,1H3,(H,5,6);(H4,2,3,4). The van der Waals surface area contributed by atoms with Gasteiger partial charge in [0.1, 0.15) is 0 Å². The molecule has 0 radical (unpaired) electrons. The van der Waals surface area contributed by atoms with Crippen molar-refractivity contribution in [1.29, 1.82) is 0 Å². The summed E-state index contributed by atoms with van der Waals surface area (Å²) in [5.41, 5.74) is 8.50. The molecule has 0 heterocycles. The van der Waals surface area contributed by atoms with Gasteiger partial charge in [-0.25, -0.2) is 9.59 Å². The van der Waals surface area contributed by atoms with Gasteiger partial charge in [-0.3, -0.25) is 0 Å². The van der Waals surface area contributed by atoms with E-state index in [9.17, 15) is 4.79 Å². The van der Waals surface area contributed by atoms with Gasteiger partial charge in [0.05, 0.1) is 0 Å². The zero-order valence-electron chi connectivity index (χ0n) is 5.57. The lowest BCUT2D eigenvalue weighted by molar-refractivity contribution is -0.131. The van der Waals surface area contributed by atoms with Crippen LogP contribution in [-0.4, -0.2) is 17.1 Å². The number of urea groups is 1. The van der Waals surface area contributed by atoms with Crippen LogP contribution < -0.4 is 11.5 Å². The van der Waals surface area contributed by atoms with Gasteiger partial charge < -0.3 is 16.6 Å². The van der Waals surface area contributed by atoms with Crippen LogP contribution in [0.4, 0.5) is 4.79 Å². The SMILES string of the molecule is CC=CC(=O)O.NC(N)=O. The number of hydrogen-bond acceptors (Lipinski definition) is 2. The van der Waals surface area contributed by atoms with Crippen LogP contribution in [0.2, 0.25) is 0 Å². The van der Waals surface area contributed by atoms with Crippen molar-refractivity contribution in [1.82, 2.24) is 0 Å². The van der Waals surface area contributed by atoms with Gasteiger partial charge >= 0.3 is 12.0 Å². The van der Waals surface area contributed by atoms with E-state index in [1.54, 1.807) is 6.92 Å². The molecule has 0 spiro atoms. The predicted octanol–water partition coefficient (Wildman–Crippen LogP) is -0.329. The second kappa shape index (κ2) is 7.48. The van der Waals surface area contributed by atoms with Gasteiger partial charge in [-0.1, -0.05) is 6.08 Å². The molecule has 2 amide bonds. The number of carboxylic acid groups (broad SMARTS) is 1. The molecule has 0 fully saturated rings. The molecule has 0 saturated heterocycles. The summed E-state index contributed by atoms with van der Waals surface area (Å²) in [7, 11) is 0. The average Bonchev–Trinajstić information content (AvgIpc) is 1.62. The zero-order chi connectivity index (χ0) is 8.57. The summed E-state index contributed by atoms with van der Waals surface area (Å²) < 4.78 is 0. The number of carbonyl (C=O) groups excluding carboxylic acids is 1. The maximum atomic E-state index is 9.51. The molecule has 0 aromatic carbocycles. The number of primary amides is 2. The molecule has 58 valence electrons. The number of amides is 2. The molecule has 0 saturated carbocycles. The fourth-order valence-electron chi connectivity index (χ4n) is 0.143. The van der Waals surface area contributed by atoms with Crippen molar-refractivity contribution in [2.45, 2.75) is 6.92 Å². The Morgan fingerprint density at radius 1 is 1.40 bits per heavy atom. The molecule has 5 heteroatoms. The van der Waals surface area contributed by atoms with Crippen LogP contribution in [0.1, 0.15) is 6.92 Å². The molecule has 0 aliphatic heterocycles. The summed E-state index contributed by atoms with van der Waals surface area (Å²) in [5.74, 6) is -0.891. The lowest BCUT2D eigenvalue weighted by Crippen LogP contribution is -2.18. The zero-order valence-corrected chi connectivity index (χ0v) is 5.57. The van der Waals surface area contributed by atoms with E-state index in [2.05, 4.69) is 11.5 Å². The molecule has 0 aromatic rings. The van der Waals surface area contributed by atoms with Gasteiger partial charge in [0.25, 0.3) is 0 Å². The van der Waals surface area contributed by atoms with E-state index in [4.69, 9.17) is 9.90 Å². The van der Waals surface area contributed by atoms with Crippen molar-refractivity contribution in [3.8, 4) is 0 Å². The first-order valence-electron chi connectivity index (χ1n) is 2.41. The lowest BCUT2D eigenvalue weighted by atomic mass is 10.5. The minimum absolute atomic E-state index is 0.833. The molecule has 10 heavy (non-hydrogen) atoms. The van der Waals surface area contributed by atoms with Gasteiger partial charge in [0, 0.05) is 6.08 Å². The molecule has 0 aliphatic carbocycles. The number of hydrogen-bond donors (Lipinski definition) is 3. The maximum absolute atomic E-state index is 9.51. The highest BCUT2D eigenvalue weighted by Gasteiger charge is 1.76. The number of nitrogens with two attached hydrogens (primary N) is 2. The molecule has 0 aliphatic rings. The highest BCUT2D eigenvalue weighted by atomic mass is 16.4. The van der Waals surface area contributed by atoms with Crippen molar-refractivity contribution in [3.63, 3.8) is 0 Å². The Bertz CT molecular complexity index is 138. The molecule has 0 rings (SSSR count). The van der Waals surface area contributed by atoms with Crippen LogP contribution in [0.3, 0.4) is 0 Å². The van der Waals surface area contributed by atoms with Gasteiger partial charge in [-0.2, -0.15) is 0 Å². The molecule has 0 bridgehead atoms. The average molecular weight is 146 g/mol. The summed E-state index contributed by atoms with van der Waals surface area (Å²) in [6.07, 6.45) is 2.56. The number of carbonyl (C=O) groups is 2. The van der Waals surface area contributed by atoms with Crippen LogP contribution in [-0.2, 0) is 4.79 Å². The minimum Gasteiger partial charge on any atom is -0.478 e. The second-order valence-corrected chi connectivity index (χ2v) is 1.24. The van der Waals surface area contributed by atoms with Crippen LogP contribution in [0.25, 0.3) is 0 Å². The Kier molecular flexibility index (Phi) is 8.45. The van der Waals surface area contributed by atoms with Gasteiger partial charge in [-0.15, -0.1) is 0 Å². The quantitative estimate of drug-likeness (QED) is 0.441. The maximum Gasteiger partial charge on any atom is 0.327 e. The molecule has 0 unspecified atom stereocenters. The van der Waals surface area contributed by atoms with Crippen molar-refractivity contribution >= 4 is 12.0 Å². The molecule has 5 N–H and O–H groups in total. The lowest BCUT2D eigenvalue weighted by Gasteiger charge is -1.68. The number of rotatable bonds is 1. The van der Waals surface area contributed by atoms with Crippen molar-refractivity contribution in [2.75, 3.05) is 0 Å². The van der Waals surface area contributed by atoms with Gasteiger partial charge in [-0.05, 0) is 6.92 Å². The third kappa shape index (κ3) is 88.8. The van der Waals surface area contributed by atoms with Gasteiger partial charge in [0.15, 0.2) is 0 Å². The monoisotopic (exact) mass is 146 g/mol. The Hall–Kier alpha value is -1.52. The Morgan fingerprint density at radius 2 is 1.70 bits per heavy atom. The Balaban J connectivity index is 0. The third-order valence-electron chi connectivity index (χ3n) is 0.309. The predicted molar refractivity (Wildman–Crippen MR) is 36.2 cm³/mol. The number of allylic oxidation sites excluding steroid dienone is 1. The van der Waals surface area contributed by atoms with Crippen molar-refractivity contribution in [3.05, 3.63) is 12.2 Å². The molecule has 5 nitrogen and oxygen atoms in total. The van der Waals surface area contributed by atoms with Crippen LogP contribution in [0.5, 0.6) is 0 Å². The first-order chi connectivity index (χ1) is 4.50. The normalized spacial score (nSPS) is 8.10. The molecule has 0 aromatic heterocycles. The third-order valence-corrected chi connectivity index (χ3v) is 0.309. The van der Waals surface area contributed by atoms with Crippen molar-refractivity contribution in [2.24, 2.45) is 11.5 Å². The van der Waals surface area contributed by atoms with E-state index >= 15 is 0 Å². The summed E-state index contributed by atoms with van der Waals surface area (Å²) in [5, 5.41) is 7.83. The van der Waals surface area contributed by atoms with E-state index < -0.39 is 12.0 Å². The topological polar surface area (TPSA) is 106 Å². The van der Waals surface area contributed by atoms with E-state index in [1.165, 1.54) is 6.08 Å². The summed E-state index contributed by atoms with van der Waals surface area (Å²) >= 11 is 0. The van der Waals surface area contributed by atoms with E-state index in [0.29, 0.717) is 0 Å². The van der Waals surface area contributed by atoms with Crippen molar-refractivity contribution < 1.29 is 14.7 Å². The molecule has 0 atom stereocenters. The summed E-state index contributed by atoms with van der Waals surface area (Å²) in [6.45, 7) is 1.66. The first kappa shape index (κ1) is 11.3. The Labute approximate surface area is 58.3 Å². The van der Waals surface area contributed by atoms with Crippen LogP contribution in [0.15, 0.2) is 12.2 Å². The highest BCUT2D eigenvalue weighted by molar-refractivity contribution is 5.79. The first-order valence-corrected chi connectivity index (χ1v) is 2.41. The summed E-state index contributed by atoms with van der Waals surface area (Å²) in [6, 6.07) is -0.833. The largest absolute Gasteiger partial charge is 0.478 e. The van der Waals surface area contributed by atoms with E-state index in [0.717, 1.165) is 6.08 Å². The Morgan fingerprint density at radius 3 is 1.70 bits per heavy atom. The van der Waals surface area contributed by atoms with E-state index in [1.807, 2.05) is 0 Å². The summed E-state index contributed by atoms with van der Waals surface area (Å²) in [4.78, 5) is 18.5. The fourth-order valence-corrected chi connectivity index (χ4v) is 0.143. The molecular formula is C5H10N2O3. The van der Waals surface area contributed by atoms with Crippen LogP contribution >= 0.6 is 0 Å². The minimum atomic E-state index is -0.891. The highest BCUT2D eigenvalue weighted by Crippen LogP contribution is 1.65. The smallest absolute Gasteiger partial charge is 0.327 e. The fraction of sp³-hybridized carbons (Fsp3) is 0.200. The molecular weight excluding hydrogens is 136 g/mol. The number of carboxylic acids is 1. The van der Waals surface area contributed by atoms with Gasteiger partial charge in [0.2, 0.25) is 0 Å². The van der Waals surface area contributed by atoms with E-state index in [-0.39, 0.29) is 0 Å². The number of aliphatic carboxylic acids is 1.